The third-order valence-corrected chi connectivity index (χ3v) is 6.76. The molecule has 0 heterocycles. The summed E-state index contributed by atoms with van der Waals surface area (Å²) in [5.74, 6) is 0.517. The zero-order valence-corrected chi connectivity index (χ0v) is 21.1. The Labute approximate surface area is 208 Å². The predicted octanol–water partition coefficient (Wildman–Crippen LogP) is 5.71. The summed E-state index contributed by atoms with van der Waals surface area (Å²) in [6, 6.07) is 27.2. The highest BCUT2D eigenvalue weighted by molar-refractivity contribution is 9.10. The second kappa shape index (κ2) is 13.2. The molecular weight excluding hydrogens is 496 g/mol. The van der Waals surface area contributed by atoms with E-state index in [9.17, 15) is 9.59 Å². The topological polar surface area (TPSA) is 49.4 Å². The maximum atomic E-state index is 13.5. The lowest BCUT2D eigenvalue weighted by atomic mass is 10.0. The second-order valence-corrected chi connectivity index (χ2v) is 9.74. The summed E-state index contributed by atoms with van der Waals surface area (Å²) in [7, 11) is 0. The van der Waals surface area contributed by atoms with Gasteiger partial charge in [0.15, 0.2) is 0 Å². The van der Waals surface area contributed by atoms with Crippen LogP contribution in [-0.4, -0.2) is 35.1 Å². The van der Waals surface area contributed by atoms with Gasteiger partial charge in [0, 0.05) is 41.1 Å². The fourth-order valence-corrected chi connectivity index (χ4v) is 4.68. The lowest BCUT2D eigenvalue weighted by Gasteiger charge is -2.31. The smallest absolute Gasteiger partial charge is 0.243 e. The van der Waals surface area contributed by atoms with Gasteiger partial charge in [-0.2, -0.15) is 0 Å². The molecule has 3 aromatic carbocycles. The highest BCUT2D eigenvalue weighted by atomic mass is 79.9. The van der Waals surface area contributed by atoms with Gasteiger partial charge in [-0.25, -0.2) is 0 Å². The van der Waals surface area contributed by atoms with Crippen molar-refractivity contribution in [3.05, 3.63) is 101 Å². The summed E-state index contributed by atoms with van der Waals surface area (Å²) in [4.78, 5) is 29.5. The number of hydrogen-bond donors (Lipinski definition) is 1. The quantitative estimate of drug-likeness (QED) is 0.327. The van der Waals surface area contributed by atoms with E-state index in [4.69, 9.17) is 0 Å². The largest absolute Gasteiger partial charge is 0.355 e. The van der Waals surface area contributed by atoms with E-state index < -0.39 is 6.04 Å². The van der Waals surface area contributed by atoms with Crippen LogP contribution in [0.3, 0.4) is 0 Å². The van der Waals surface area contributed by atoms with Gasteiger partial charge in [-0.1, -0.05) is 76.6 Å². The number of carbonyl (C=O) groups is 2. The van der Waals surface area contributed by atoms with Gasteiger partial charge < -0.3 is 10.2 Å². The van der Waals surface area contributed by atoms with Crippen molar-refractivity contribution in [2.24, 2.45) is 0 Å². The van der Waals surface area contributed by atoms with E-state index in [2.05, 4.69) is 21.2 Å². The first kappa shape index (κ1) is 25.1. The normalized spacial score (nSPS) is 11.6. The van der Waals surface area contributed by atoms with E-state index in [0.29, 0.717) is 31.7 Å². The Balaban J connectivity index is 1.81. The van der Waals surface area contributed by atoms with Crippen molar-refractivity contribution in [3.63, 3.8) is 0 Å². The minimum atomic E-state index is -0.578. The molecule has 0 saturated carbocycles. The van der Waals surface area contributed by atoms with Crippen LogP contribution in [0.25, 0.3) is 0 Å². The van der Waals surface area contributed by atoms with Gasteiger partial charge in [-0.05, 0) is 42.3 Å². The number of benzene rings is 3. The first-order valence-electron chi connectivity index (χ1n) is 11.1. The van der Waals surface area contributed by atoms with Crippen molar-refractivity contribution in [1.82, 2.24) is 10.2 Å². The molecule has 0 radical (unpaired) electrons. The molecule has 0 fully saturated rings. The third kappa shape index (κ3) is 8.06. The first-order chi connectivity index (χ1) is 16.1. The number of amides is 2. The molecule has 0 bridgehead atoms. The van der Waals surface area contributed by atoms with Crippen LogP contribution in [0.2, 0.25) is 0 Å². The molecule has 33 heavy (non-hydrogen) atoms. The SMILES string of the molecule is CCNC(=O)[C@H](Cc1ccccc1)N(Cc1ccc(Br)cc1)C(=O)CCSc1ccccc1. The summed E-state index contributed by atoms with van der Waals surface area (Å²) in [6.45, 7) is 2.81. The molecule has 0 aliphatic carbocycles. The molecule has 0 saturated heterocycles. The molecule has 6 heteroatoms. The number of thioether (sulfide) groups is 1. The molecule has 4 nitrogen and oxygen atoms in total. The first-order valence-corrected chi connectivity index (χ1v) is 12.9. The van der Waals surface area contributed by atoms with Crippen LogP contribution in [0.5, 0.6) is 0 Å². The summed E-state index contributed by atoms with van der Waals surface area (Å²) in [5.41, 5.74) is 2.02. The van der Waals surface area contributed by atoms with Crippen molar-refractivity contribution in [2.45, 2.75) is 37.2 Å². The summed E-state index contributed by atoms with van der Waals surface area (Å²) >= 11 is 5.12. The molecule has 0 aromatic heterocycles. The fourth-order valence-electron chi connectivity index (χ4n) is 3.55. The zero-order valence-electron chi connectivity index (χ0n) is 18.7. The van der Waals surface area contributed by atoms with Gasteiger partial charge in [-0.3, -0.25) is 9.59 Å². The Morgan fingerprint density at radius 1 is 0.909 bits per heavy atom. The third-order valence-electron chi connectivity index (χ3n) is 5.22. The van der Waals surface area contributed by atoms with E-state index in [-0.39, 0.29) is 11.8 Å². The number of halogens is 1. The minimum absolute atomic E-state index is 0.0199. The standard InChI is InChI=1S/C27H29BrN2O2S/c1-2-29-27(32)25(19-21-9-5-3-6-10-21)30(20-22-13-15-23(28)16-14-22)26(31)17-18-33-24-11-7-4-8-12-24/h3-16,25H,2,17-20H2,1H3,(H,29,32)/t25-/m0/s1. The summed E-state index contributed by atoms with van der Waals surface area (Å²) in [5, 5.41) is 2.93. The van der Waals surface area contributed by atoms with Gasteiger partial charge in [-0.15, -0.1) is 11.8 Å². The van der Waals surface area contributed by atoms with Crippen LogP contribution in [-0.2, 0) is 22.6 Å². The Morgan fingerprint density at radius 3 is 2.18 bits per heavy atom. The highest BCUT2D eigenvalue weighted by Crippen LogP contribution is 2.21. The van der Waals surface area contributed by atoms with Crippen LogP contribution in [0, 0.1) is 0 Å². The van der Waals surface area contributed by atoms with E-state index >= 15 is 0 Å². The number of nitrogens with zero attached hydrogens (tertiary/aromatic N) is 1. The van der Waals surface area contributed by atoms with Crippen LogP contribution in [0.15, 0.2) is 94.3 Å². The maximum absolute atomic E-state index is 13.5. The molecule has 0 aliphatic rings. The van der Waals surface area contributed by atoms with E-state index in [1.54, 1.807) is 16.7 Å². The van der Waals surface area contributed by atoms with Crippen LogP contribution in [0.4, 0.5) is 0 Å². The lowest BCUT2D eigenvalue weighted by Crippen LogP contribution is -2.50. The number of hydrogen-bond acceptors (Lipinski definition) is 3. The number of rotatable bonds is 11. The Kier molecular flexibility index (Phi) is 10.0. The Bertz CT molecular complexity index is 1010. The van der Waals surface area contributed by atoms with Gasteiger partial charge in [0.2, 0.25) is 11.8 Å². The van der Waals surface area contributed by atoms with Crippen molar-refractivity contribution in [2.75, 3.05) is 12.3 Å². The lowest BCUT2D eigenvalue weighted by molar-refractivity contribution is -0.140. The maximum Gasteiger partial charge on any atom is 0.243 e. The molecule has 0 aliphatic heterocycles. The molecule has 172 valence electrons. The molecular formula is C27H29BrN2O2S. The molecule has 3 rings (SSSR count). The van der Waals surface area contributed by atoms with E-state index in [0.717, 1.165) is 20.5 Å². The zero-order chi connectivity index (χ0) is 23.5. The number of nitrogens with one attached hydrogen (secondary N) is 1. The average Bonchev–Trinajstić information content (AvgIpc) is 2.84. The summed E-state index contributed by atoms with van der Waals surface area (Å²) in [6.07, 6.45) is 0.835. The fraction of sp³-hybridized carbons (Fsp3) is 0.259. The Morgan fingerprint density at radius 2 is 1.55 bits per heavy atom. The van der Waals surface area contributed by atoms with E-state index in [1.165, 1.54) is 0 Å². The number of carbonyl (C=O) groups excluding carboxylic acids is 2. The highest BCUT2D eigenvalue weighted by Gasteiger charge is 2.29. The van der Waals surface area contributed by atoms with Crippen molar-refractivity contribution in [1.29, 1.82) is 0 Å². The molecule has 2 amide bonds. The molecule has 0 unspecified atom stereocenters. The van der Waals surface area contributed by atoms with Gasteiger partial charge >= 0.3 is 0 Å². The molecule has 1 atom stereocenters. The van der Waals surface area contributed by atoms with Crippen LogP contribution < -0.4 is 5.32 Å². The van der Waals surface area contributed by atoms with Crippen LogP contribution >= 0.6 is 27.7 Å². The monoisotopic (exact) mass is 524 g/mol. The van der Waals surface area contributed by atoms with Crippen molar-refractivity contribution in [3.8, 4) is 0 Å². The second-order valence-electron chi connectivity index (χ2n) is 7.66. The molecule has 0 spiro atoms. The molecule has 3 aromatic rings. The van der Waals surface area contributed by atoms with Crippen LogP contribution in [0.1, 0.15) is 24.5 Å². The van der Waals surface area contributed by atoms with Gasteiger partial charge in [0.05, 0.1) is 0 Å². The van der Waals surface area contributed by atoms with Crippen molar-refractivity contribution < 1.29 is 9.59 Å². The summed E-state index contributed by atoms with van der Waals surface area (Å²) < 4.78 is 0.980. The minimum Gasteiger partial charge on any atom is -0.355 e. The number of likely N-dealkylation sites (N-methyl/N-ethyl adjacent to an activating group) is 1. The van der Waals surface area contributed by atoms with Gasteiger partial charge in [0.1, 0.15) is 6.04 Å². The van der Waals surface area contributed by atoms with Crippen molar-refractivity contribution >= 4 is 39.5 Å². The molecule has 1 N–H and O–H groups in total. The average molecular weight is 526 g/mol. The Hall–Kier alpha value is -2.57. The van der Waals surface area contributed by atoms with E-state index in [1.807, 2.05) is 91.9 Å². The predicted molar refractivity (Wildman–Crippen MR) is 139 cm³/mol. The van der Waals surface area contributed by atoms with Gasteiger partial charge in [0.25, 0.3) is 0 Å².